The lowest BCUT2D eigenvalue weighted by atomic mass is 10.00. The molecule has 0 bridgehead atoms. The second kappa shape index (κ2) is 5.51. The maximum Gasteiger partial charge on any atom is 0.321 e. The molecule has 1 heterocycles. The van der Waals surface area contributed by atoms with E-state index in [0.29, 0.717) is 12.0 Å². The second-order valence-corrected chi connectivity index (χ2v) is 6.44. The van der Waals surface area contributed by atoms with Crippen molar-refractivity contribution in [1.82, 2.24) is 4.31 Å². The summed E-state index contributed by atoms with van der Waals surface area (Å²) in [5.41, 5.74) is 0.375. The number of esters is 1. The van der Waals surface area contributed by atoms with Crippen molar-refractivity contribution in [3.05, 3.63) is 29.8 Å². The van der Waals surface area contributed by atoms with E-state index in [-0.39, 0.29) is 4.90 Å². The van der Waals surface area contributed by atoms with Gasteiger partial charge in [0.25, 0.3) is 0 Å². The normalized spacial score (nSPS) is 24.9. The van der Waals surface area contributed by atoms with Gasteiger partial charge in [-0.1, -0.05) is 25.1 Å². The minimum absolute atomic E-state index is 0.0427. The van der Waals surface area contributed by atoms with Gasteiger partial charge in [-0.05, 0) is 12.5 Å². The minimum atomic E-state index is -3.81. The Balaban J connectivity index is 2.55. The third kappa shape index (κ3) is 2.32. The third-order valence-corrected chi connectivity index (χ3v) is 5.43. The highest BCUT2D eigenvalue weighted by Gasteiger charge is 2.43. The molecular formula is C13H17NO5S. The number of sulfonamides is 1. The van der Waals surface area contributed by atoms with Crippen molar-refractivity contribution in [2.24, 2.45) is 0 Å². The molecule has 1 N–H and O–H groups in total. The van der Waals surface area contributed by atoms with Gasteiger partial charge in [-0.25, -0.2) is 8.42 Å². The Bertz CT molecular complexity index is 613. The van der Waals surface area contributed by atoms with Crippen LogP contribution in [0.5, 0.6) is 0 Å². The zero-order valence-electron chi connectivity index (χ0n) is 11.3. The van der Waals surface area contributed by atoms with Crippen LogP contribution in [0.4, 0.5) is 0 Å². The number of carbonyl (C=O) groups is 1. The van der Waals surface area contributed by atoms with Gasteiger partial charge in [0.1, 0.15) is 6.54 Å². The summed E-state index contributed by atoms with van der Waals surface area (Å²) in [6.07, 6.45) is -0.560. The van der Waals surface area contributed by atoms with Crippen molar-refractivity contribution in [3.8, 4) is 0 Å². The molecule has 0 aromatic heterocycles. The van der Waals surface area contributed by atoms with Crippen LogP contribution in [-0.2, 0) is 19.6 Å². The summed E-state index contributed by atoms with van der Waals surface area (Å²) in [5, 5.41) is 10.4. The second-order valence-electron chi connectivity index (χ2n) is 4.58. The molecular weight excluding hydrogens is 282 g/mol. The Labute approximate surface area is 118 Å². The predicted octanol–water partition coefficient (Wildman–Crippen LogP) is 0.676. The quantitative estimate of drug-likeness (QED) is 0.830. The van der Waals surface area contributed by atoms with Gasteiger partial charge in [0, 0.05) is 5.56 Å². The summed E-state index contributed by atoms with van der Waals surface area (Å²) >= 11 is 0. The molecule has 1 aromatic rings. The average Bonchev–Trinajstić information content (AvgIpc) is 2.45. The van der Waals surface area contributed by atoms with E-state index in [1.165, 1.54) is 13.2 Å². The number of methoxy groups -OCH3 is 1. The standard InChI is InChI=1S/C13H17NO5S/c1-3-10-13(16)9-6-4-5-7-11(9)20(17,18)14(10)8-12(15)19-2/h4-7,10,13,16H,3,8H2,1-2H3/t10-,13+/m1/s1. The van der Waals surface area contributed by atoms with Crippen molar-refractivity contribution in [2.75, 3.05) is 13.7 Å². The van der Waals surface area contributed by atoms with Crippen LogP contribution in [-0.4, -0.2) is 43.5 Å². The fourth-order valence-electron chi connectivity index (χ4n) is 2.45. The molecule has 0 fully saturated rings. The molecule has 0 unspecified atom stereocenters. The number of hydrogen-bond donors (Lipinski definition) is 1. The minimum Gasteiger partial charge on any atom is -0.468 e. The number of benzene rings is 1. The molecule has 0 spiro atoms. The Morgan fingerprint density at radius 3 is 2.65 bits per heavy atom. The summed E-state index contributed by atoms with van der Waals surface area (Å²) in [4.78, 5) is 11.5. The lowest BCUT2D eigenvalue weighted by Gasteiger charge is -2.38. The molecule has 0 amide bonds. The van der Waals surface area contributed by atoms with Gasteiger partial charge in [0.05, 0.1) is 24.2 Å². The van der Waals surface area contributed by atoms with Crippen molar-refractivity contribution >= 4 is 16.0 Å². The highest BCUT2D eigenvalue weighted by molar-refractivity contribution is 7.89. The highest BCUT2D eigenvalue weighted by Crippen LogP contribution is 2.37. The molecule has 2 atom stereocenters. The molecule has 0 saturated carbocycles. The van der Waals surface area contributed by atoms with Gasteiger partial charge in [-0.3, -0.25) is 4.79 Å². The number of aliphatic hydroxyl groups excluding tert-OH is 1. The van der Waals surface area contributed by atoms with Crippen molar-refractivity contribution in [1.29, 1.82) is 0 Å². The Morgan fingerprint density at radius 2 is 2.05 bits per heavy atom. The van der Waals surface area contributed by atoms with E-state index in [0.717, 1.165) is 4.31 Å². The maximum absolute atomic E-state index is 12.6. The highest BCUT2D eigenvalue weighted by atomic mass is 32.2. The van der Waals surface area contributed by atoms with Gasteiger partial charge < -0.3 is 9.84 Å². The summed E-state index contributed by atoms with van der Waals surface area (Å²) in [6.45, 7) is 1.37. The van der Waals surface area contributed by atoms with Gasteiger partial charge in [0.15, 0.2) is 0 Å². The number of carbonyl (C=O) groups excluding carboxylic acids is 1. The molecule has 2 rings (SSSR count). The maximum atomic E-state index is 12.6. The number of nitrogens with zero attached hydrogens (tertiary/aromatic N) is 1. The van der Waals surface area contributed by atoms with E-state index in [4.69, 9.17) is 0 Å². The summed E-state index contributed by atoms with van der Waals surface area (Å²) in [6, 6.07) is 5.63. The van der Waals surface area contributed by atoms with Crippen LogP contribution in [0.25, 0.3) is 0 Å². The molecule has 110 valence electrons. The first kappa shape index (κ1) is 15.0. The molecule has 1 aliphatic rings. The van der Waals surface area contributed by atoms with Gasteiger partial charge in [0.2, 0.25) is 10.0 Å². The van der Waals surface area contributed by atoms with E-state index in [1.807, 2.05) is 0 Å². The SMILES string of the molecule is CC[C@@H]1[C@@H](O)c2ccccc2S(=O)(=O)N1CC(=O)OC. The molecule has 0 saturated heterocycles. The lowest BCUT2D eigenvalue weighted by Crippen LogP contribution is -2.49. The number of rotatable bonds is 3. The number of fused-ring (bicyclic) bond motifs is 1. The lowest BCUT2D eigenvalue weighted by molar-refractivity contribution is -0.141. The third-order valence-electron chi connectivity index (χ3n) is 3.49. The topological polar surface area (TPSA) is 83.9 Å². The van der Waals surface area contributed by atoms with Crippen LogP contribution in [0.2, 0.25) is 0 Å². The van der Waals surface area contributed by atoms with Crippen LogP contribution in [0.15, 0.2) is 29.2 Å². The fourth-order valence-corrected chi connectivity index (χ4v) is 4.34. The van der Waals surface area contributed by atoms with E-state index < -0.39 is 34.7 Å². The molecule has 0 aliphatic carbocycles. The van der Waals surface area contributed by atoms with Crippen molar-refractivity contribution in [2.45, 2.75) is 30.4 Å². The average molecular weight is 299 g/mol. The number of hydrogen-bond acceptors (Lipinski definition) is 5. The first-order chi connectivity index (χ1) is 9.43. The molecule has 1 aliphatic heterocycles. The van der Waals surface area contributed by atoms with E-state index in [9.17, 15) is 18.3 Å². The zero-order valence-corrected chi connectivity index (χ0v) is 12.1. The monoisotopic (exact) mass is 299 g/mol. The van der Waals surface area contributed by atoms with E-state index in [2.05, 4.69) is 4.74 Å². The Kier molecular flexibility index (Phi) is 4.12. The largest absolute Gasteiger partial charge is 0.468 e. The number of ether oxygens (including phenoxy) is 1. The summed E-state index contributed by atoms with van der Waals surface area (Å²) in [5.74, 6) is -0.654. The van der Waals surface area contributed by atoms with Crippen LogP contribution >= 0.6 is 0 Å². The summed E-state index contributed by atoms with van der Waals surface area (Å²) in [7, 11) is -2.61. The molecule has 0 radical (unpaired) electrons. The van der Waals surface area contributed by atoms with E-state index in [1.54, 1.807) is 25.1 Å². The van der Waals surface area contributed by atoms with Crippen LogP contribution in [0.3, 0.4) is 0 Å². The molecule has 6 nitrogen and oxygen atoms in total. The van der Waals surface area contributed by atoms with Crippen molar-refractivity contribution < 1.29 is 23.1 Å². The van der Waals surface area contributed by atoms with Gasteiger partial charge in [-0.15, -0.1) is 0 Å². The molecule has 7 heteroatoms. The van der Waals surface area contributed by atoms with Gasteiger partial charge >= 0.3 is 5.97 Å². The van der Waals surface area contributed by atoms with Crippen LogP contribution < -0.4 is 0 Å². The Hall–Kier alpha value is -1.44. The summed E-state index contributed by atoms with van der Waals surface area (Å²) < 4.78 is 30.7. The smallest absolute Gasteiger partial charge is 0.321 e. The predicted molar refractivity (Wildman–Crippen MR) is 71.4 cm³/mol. The van der Waals surface area contributed by atoms with Crippen LogP contribution in [0.1, 0.15) is 25.0 Å². The number of aliphatic hydroxyl groups is 1. The molecule has 20 heavy (non-hydrogen) atoms. The Morgan fingerprint density at radius 1 is 1.40 bits per heavy atom. The van der Waals surface area contributed by atoms with Crippen LogP contribution in [0, 0.1) is 0 Å². The fraction of sp³-hybridized carbons (Fsp3) is 0.462. The zero-order chi connectivity index (χ0) is 14.9. The van der Waals surface area contributed by atoms with Crippen molar-refractivity contribution in [3.63, 3.8) is 0 Å². The first-order valence-corrected chi connectivity index (χ1v) is 7.73. The molecule has 1 aromatic carbocycles. The van der Waals surface area contributed by atoms with E-state index >= 15 is 0 Å². The van der Waals surface area contributed by atoms with Gasteiger partial charge in [-0.2, -0.15) is 4.31 Å². The first-order valence-electron chi connectivity index (χ1n) is 6.29.